The number of fused-ring (bicyclic) bond motifs is 1. The minimum atomic E-state index is -2.49. The smallest absolute Gasteiger partial charge is 0.258 e. The number of aromatic amines is 1. The van der Waals surface area contributed by atoms with Gasteiger partial charge in [0, 0.05) is 19.5 Å². The summed E-state index contributed by atoms with van der Waals surface area (Å²) in [6.45, 7) is 0.732. The molecule has 1 N–H and O–H groups in total. The normalized spacial score (nSPS) is 23.4. The van der Waals surface area contributed by atoms with Crippen LogP contribution in [0.15, 0.2) is 18.2 Å². The fourth-order valence-corrected chi connectivity index (χ4v) is 3.06. The van der Waals surface area contributed by atoms with Crippen LogP contribution in [0.1, 0.15) is 6.42 Å². The predicted octanol–water partition coefficient (Wildman–Crippen LogP) is 3.06. The van der Waals surface area contributed by atoms with Gasteiger partial charge in [0.2, 0.25) is 0 Å². The van der Waals surface area contributed by atoms with Crippen LogP contribution in [0, 0.1) is 5.41 Å². The van der Waals surface area contributed by atoms with Crippen molar-refractivity contribution in [2.75, 3.05) is 18.0 Å². The summed E-state index contributed by atoms with van der Waals surface area (Å²) in [6.07, 6.45) is 0.00654. The number of alkyl halides is 2. The molecule has 3 nitrogen and oxygen atoms in total. The number of H-pyrrole nitrogens is 1. The number of aromatic nitrogens is 2. The van der Waals surface area contributed by atoms with Crippen molar-refractivity contribution in [2.24, 2.45) is 5.41 Å². The lowest BCUT2D eigenvalue weighted by molar-refractivity contribution is 0.0519. The van der Waals surface area contributed by atoms with Crippen LogP contribution < -0.4 is 4.90 Å². The Morgan fingerprint density at radius 2 is 2.06 bits per heavy atom. The zero-order chi connectivity index (χ0) is 12.5. The molecule has 1 spiro atoms. The molecule has 6 heteroatoms. The Morgan fingerprint density at radius 1 is 1.33 bits per heavy atom. The summed E-state index contributed by atoms with van der Waals surface area (Å²) in [6, 6.07) is 5.49. The second kappa shape index (κ2) is 2.96. The number of halogens is 3. The summed E-state index contributed by atoms with van der Waals surface area (Å²) >= 11 is 6.14. The standard InChI is InChI=1S/C12H10ClF2N3/c13-7-2-1-3-8-9(7)10(17-16-8)18-5-11(6-18)4-12(11,14)15/h1-3H,4-6H2,(H,16,17). The molecule has 0 unspecified atom stereocenters. The molecule has 0 bridgehead atoms. The Balaban J connectivity index is 1.70. The molecule has 1 aromatic heterocycles. The first kappa shape index (κ1) is 10.6. The number of rotatable bonds is 1. The molecule has 94 valence electrons. The average Bonchev–Trinajstić information content (AvgIpc) is 2.68. The van der Waals surface area contributed by atoms with Crippen molar-refractivity contribution in [3.05, 3.63) is 23.2 Å². The summed E-state index contributed by atoms with van der Waals surface area (Å²) in [5.41, 5.74) is 0.0421. The number of benzene rings is 1. The first-order valence-corrected chi connectivity index (χ1v) is 6.16. The number of nitrogens with one attached hydrogen (secondary N) is 1. The van der Waals surface area contributed by atoms with E-state index in [1.807, 2.05) is 17.0 Å². The van der Waals surface area contributed by atoms with Gasteiger partial charge in [-0.2, -0.15) is 5.10 Å². The summed E-state index contributed by atoms with van der Waals surface area (Å²) < 4.78 is 26.3. The van der Waals surface area contributed by atoms with Gasteiger partial charge in [0.1, 0.15) is 0 Å². The molecule has 4 rings (SSSR count). The van der Waals surface area contributed by atoms with Crippen LogP contribution in [-0.2, 0) is 0 Å². The van der Waals surface area contributed by atoms with Crippen molar-refractivity contribution in [2.45, 2.75) is 12.3 Å². The quantitative estimate of drug-likeness (QED) is 0.863. The molecule has 2 aromatic rings. The molecule has 1 saturated carbocycles. The van der Waals surface area contributed by atoms with E-state index in [4.69, 9.17) is 11.6 Å². The van der Waals surface area contributed by atoms with E-state index in [9.17, 15) is 8.78 Å². The first-order valence-electron chi connectivity index (χ1n) is 5.78. The van der Waals surface area contributed by atoms with Crippen LogP contribution in [0.2, 0.25) is 5.02 Å². The van der Waals surface area contributed by atoms with Crippen LogP contribution in [0.3, 0.4) is 0 Å². The first-order chi connectivity index (χ1) is 8.52. The predicted molar refractivity (Wildman–Crippen MR) is 65.3 cm³/mol. The molecule has 0 amide bonds. The van der Waals surface area contributed by atoms with E-state index < -0.39 is 11.3 Å². The SMILES string of the molecule is FC1(F)CC12CN(c1n[nH]c3cccc(Cl)c13)C2. The number of anilines is 1. The average molecular weight is 270 g/mol. The zero-order valence-electron chi connectivity index (χ0n) is 9.38. The number of hydrogen-bond acceptors (Lipinski definition) is 2. The van der Waals surface area contributed by atoms with E-state index in [1.54, 1.807) is 6.07 Å². The van der Waals surface area contributed by atoms with Crippen molar-refractivity contribution in [1.29, 1.82) is 0 Å². The van der Waals surface area contributed by atoms with Crippen LogP contribution in [0.5, 0.6) is 0 Å². The fourth-order valence-electron chi connectivity index (χ4n) is 2.80. The topological polar surface area (TPSA) is 31.9 Å². The number of hydrogen-bond donors (Lipinski definition) is 1. The van der Waals surface area contributed by atoms with Gasteiger partial charge in [-0.1, -0.05) is 17.7 Å². The number of nitrogens with zero attached hydrogens (tertiary/aromatic N) is 2. The third-order valence-electron chi connectivity index (χ3n) is 4.02. The summed E-state index contributed by atoms with van der Waals surface area (Å²) in [4.78, 5) is 1.87. The van der Waals surface area contributed by atoms with Crippen molar-refractivity contribution in [3.8, 4) is 0 Å². The van der Waals surface area contributed by atoms with E-state index in [2.05, 4.69) is 10.2 Å². The molecule has 0 atom stereocenters. The highest BCUT2D eigenvalue weighted by Gasteiger charge is 2.76. The van der Waals surface area contributed by atoms with E-state index in [0.29, 0.717) is 23.9 Å². The molecule has 2 aliphatic rings. The van der Waals surface area contributed by atoms with Crippen LogP contribution in [0.4, 0.5) is 14.6 Å². The highest BCUT2D eigenvalue weighted by Crippen LogP contribution is 2.65. The molecule has 1 aliphatic carbocycles. The van der Waals surface area contributed by atoms with Gasteiger partial charge < -0.3 is 4.90 Å². The molecular formula is C12H10ClF2N3. The Hall–Kier alpha value is -1.36. The van der Waals surface area contributed by atoms with Crippen molar-refractivity contribution < 1.29 is 8.78 Å². The van der Waals surface area contributed by atoms with Gasteiger partial charge >= 0.3 is 0 Å². The maximum absolute atomic E-state index is 13.2. The summed E-state index contributed by atoms with van der Waals surface area (Å²) in [5.74, 6) is -1.80. The van der Waals surface area contributed by atoms with Crippen molar-refractivity contribution >= 4 is 28.3 Å². The Bertz CT molecular complexity index is 646. The van der Waals surface area contributed by atoms with E-state index >= 15 is 0 Å². The molecule has 2 fully saturated rings. The van der Waals surface area contributed by atoms with Crippen molar-refractivity contribution in [3.63, 3.8) is 0 Å². The van der Waals surface area contributed by atoms with E-state index in [-0.39, 0.29) is 6.42 Å². The fraction of sp³-hybridized carbons (Fsp3) is 0.417. The maximum atomic E-state index is 13.2. The largest absolute Gasteiger partial charge is 0.353 e. The highest BCUT2D eigenvalue weighted by atomic mass is 35.5. The second-order valence-corrected chi connectivity index (χ2v) is 5.63. The monoisotopic (exact) mass is 269 g/mol. The van der Waals surface area contributed by atoms with Gasteiger partial charge in [-0.3, -0.25) is 5.10 Å². The lowest BCUT2D eigenvalue weighted by atomic mass is 9.95. The minimum Gasteiger partial charge on any atom is -0.353 e. The van der Waals surface area contributed by atoms with E-state index in [0.717, 1.165) is 10.9 Å². The lowest BCUT2D eigenvalue weighted by Gasteiger charge is -2.40. The zero-order valence-corrected chi connectivity index (χ0v) is 10.1. The molecule has 1 aliphatic heterocycles. The minimum absolute atomic E-state index is 0.00654. The summed E-state index contributed by atoms with van der Waals surface area (Å²) in [7, 11) is 0. The lowest BCUT2D eigenvalue weighted by Crippen LogP contribution is -2.51. The molecule has 2 heterocycles. The van der Waals surface area contributed by atoms with Crippen LogP contribution >= 0.6 is 11.6 Å². The third kappa shape index (κ3) is 1.15. The van der Waals surface area contributed by atoms with Gasteiger partial charge in [0.05, 0.1) is 21.3 Å². The second-order valence-electron chi connectivity index (χ2n) is 5.23. The molecule has 1 aromatic carbocycles. The van der Waals surface area contributed by atoms with E-state index in [1.165, 1.54) is 0 Å². The molecular weight excluding hydrogens is 260 g/mol. The Kier molecular flexibility index (Phi) is 1.74. The molecule has 1 saturated heterocycles. The molecule has 18 heavy (non-hydrogen) atoms. The van der Waals surface area contributed by atoms with Gasteiger partial charge in [-0.05, 0) is 12.1 Å². The van der Waals surface area contributed by atoms with Gasteiger partial charge in [-0.25, -0.2) is 8.78 Å². The van der Waals surface area contributed by atoms with Crippen LogP contribution in [0.25, 0.3) is 10.9 Å². The van der Waals surface area contributed by atoms with Gasteiger partial charge in [0.25, 0.3) is 5.92 Å². The van der Waals surface area contributed by atoms with Gasteiger partial charge in [0.15, 0.2) is 5.82 Å². The maximum Gasteiger partial charge on any atom is 0.258 e. The highest BCUT2D eigenvalue weighted by molar-refractivity contribution is 6.36. The Morgan fingerprint density at radius 3 is 2.72 bits per heavy atom. The van der Waals surface area contributed by atoms with Crippen molar-refractivity contribution in [1.82, 2.24) is 10.2 Å². The third-order valence-corrected chi connectivity index (χ3v) is 4.33. The Labute approximate surface area is 107 Å². The molecule has 0 radical (unpaired) electrons. The van der Waals surface area contributed by atoms with Crippen LogP contribution in [-0.4, -0.2) is 29.2 Å². The van der Waals surface area contributed by atoms with Gasteiger partial charge in [-0.15, -0.1) is 0 Å². The summed E-state index contributed by atoms with van der Waals surface area (Å²) in [5, 5.41) is 8.49.